The minimum absolute atomic E-state index is 0.446. The molecular weight excluding hydrogens is 749 g/mol. The maximum Gasteiger partial charge on any atom is -0.0134 e. The van der Waals surface area contributed by atoms with E-state index in [2.05, 4.69) is 216 Å². The van der Waals surface area contributed by atoms with Crippen molar-refractivity contribution in [1.29, 1.82) is 0 Å². The van der Waals surface area contributed by atoms with Crippen LogP contribution in [0.5, 0.6) is 0 Å². The van der Waals surface area contributed by atoms with Gasteiger partial charge in [-0.3, -0.25) is 0 Å². The van der Waals surface area contributed by atoms with E-state index in [9.17, 15) is 0 Å². The molecule has 0 saturated heterocycles. The largest absolute Gasteiger partial charge is 0.484 e. The van der Waals surface area contributed by atoms with Crippen LogP contribution in [-0.2, 0) is 26.6 Å². The Morgan fingerprint density at radius 1 is 0.388 bits per heavy atom. The van der Waals surface area contributed by atoms with Crippen LogP contribution in [0.1, 0.15) is 0 Å². The van der Waals surface area contributed by atoms with E-state index in [4.69, 9.17) is 9.30 Å². The zero-order valence-corrected chi connectivity index (χ0v) is 30.8. The molecule has 0 aliphatic heterocycles. The van der Waals surface area contributed by atoms with Gasteiger partial charge < -0.3 is 4.98 Å². The number of aromatic amines is 1. The van der Waals surface area contributed by atoms with Crippen LogP contribution >= 0.6 is 25.5 Å². The summed E-state index contributed by atoms with van der Waals surface area (Å²) < 4.78 is 15.0. The van der Waals surface area contributed by atoms with Crippen molar-refractivity contribution in [2.45, 2.75) is 0 Å². The summed E-state index contributed by atoms with van der Waals surface area (Å²) in [5, 5.41) is 8.39. The molecule has 0 fully saturated rings. The van der Waals surface area contributed by atoms with Crippen LogP contribution in [0.15, 0.2) is 200 Å². The Balaban J connectivity index is 0.000000263. The van der Waals surface area contributed by atoms with Gasteiger partial charge in [-0.2, -0.15) is 18.3 Å². The van der Waals surface area contributed by atoms with E-state index >= 15 is 0 Å². The molecule has 6 aromatic carbocycles. The van der Waals surface area contributed by atoms with Crippen molar-refractivity contribution in [2.75, 3.05) is 0 Å². The zero-order chi connectivity index (χ0) is 35.4. The zero-order valence-electron chi connectivity index (χ0n) is 26.5. The van der Waals surface area contributed by atoms with Gasteiger partial charge in [-0.25, -0.2) is 0 Å². The summed E-state index contributed by atoms with van der Waals surface area (Å²) in [4.78, 5) is 2.74. The fourth-order valence-corrected chi connectivity index (χ4v) is 9.21. The van der Waals surface area contributed by atoms with E-state index in [-0.39, 0.29) is 0 Å². The Labute approximate surface area is 307 Å². The summed E-state index contributed by atoms with van der Waals surface area (Å²) >= 11 is 1.82. The normalized spacial score (nSPS) is 9.22. The van der Waals surface area contributed by atoms with E-state index < -0.39 is 15.8 Å². The van der Waals surface area contributed by atoms with Crippen LogP contribution in [0, 0.1) is 19.5 Å². The molecule has 0 radical (unpaired) electrons. The second-order valence-corrected chi connectivity index (χ2v) is 13.9. The van der Waals surface area contributed by atoms with Crippen LogP contribution in [0.3, 0.4) is 0 Å². The molecule has 0 bridgehead atoms. The van der Waals surface area contributed by atoms with Gasteiger partial charge in [-0.1, -0.05) is 182 Å². The third-order valence-electron chi connectivity index (χ3n) is 6.53. The fourth-order valence-electron chi connectivity index (χ4n) is 4.60. The molecule has 0 amide bonds. The number of aromatic nitrogens is 1. The number of benzene rings is 6. The van der Waals surface area contributed by atoms with Crippen molar-refractivity contribution in [3.8, 4) is 0 Å². The Morgan fingerprint density at radius 3 is 0.714 bits per heavy atom. The third kappa shape index (κ3) is 14.5. The SMILES string of the molecule is [C-]#[O+].[C-]#[O+].[Cl][Ru+].[c-]1ccc[nH]1.c1ccc(P(c2ccccc2)c2ccccc2)cc1.c1ccc(P(c2ccccc2)c2ccccc2)cc1. The molecule has 7 rings (SSSR count). The fraction of sp³-hybridized carbons (Fsp3) is 0. The van der Waals surface area contributed by atoms with Crippen LogP contribution in [0.4, 0.5) is 0 Å². The van der Waals surface area contributed by atoms with Crippen molar-refractivity contribution >= 4 is 57.4 Å². The summed E-state index contributed by atoms with van der Waals surface area (Å²) in [7, 11) is 3.68. The minimum atomic E-state index is -0.446. The van der Waals surface area contributed by atoms with Crippen molar-refractivity contribution in [3.63, 3.8) is 0 Å². The first-order valence-electron chi connectivity index (χ1n) is 14.8. The molecular formula is C42H34ClNO2P2Ru. The predicted molar refractivity (Wildman–Crippen MR) is 204 cm³/mol. The smallest absolute Gasteiger partial charge is 0.0134 e. The van der Waals surface area contributed by atoms with Crippen LogP contribution in [0.2, 0.25) is 0 Å². The molecule has 0 saturated carbocycles. The van der Waals surface area contributed by atoms with Crippen molar-refractivity contribution < 1.29 is 26.6 Å². The van der Waals surface area contributed by atoms with Gasteiger partial charge in [0.25, 0.3) is 0 Å². The van der Waals surface area contributed by atoms with Gasteiger partial charge in [0.2, 0.25) is 0 Å². The van der Waals surface area contributed by atoms with Crippen LogP contribution in [-0.4, -0.2) is 4.98 Å². The number of hydrogen-bond donors (Lipinski definition) is 1. The van der Waals surface area contributed by atoms with Crippen LogP contribution in [0.25, 0.3) is 0 Å². The monoisotopic (exact) mass is 783 g/mol. The van der Waals surface area contributed by atoms with Gasteiger partial charge in [0.1, 0.15) is 0 Å². The van der Waals surface area contributed by atoms with E-state index in [0.29, 0.717) is 0 Å². The maximum absolute atomic E-state index is 7.50. The van der Waals surface area contributed by atoms with Gasteiger partial charge in [0, 0.05) is 0 Å². The molecule has 1 N–H and O–H groups in total. The standard InChI is InChI=1S/2C18H15P.C4H4N.2CO.ClH.Ru/c2*1-4-10-16(11-5-1)19(17-12-6-2-7-13-17)18-14-8-3-9-15-18;1-2-4-5-3-1;2*1-2;;/h2*1-15H;1-3,5H;;;1H;/q;;-1;;;;+2/p-1. The van der Waals surface area contributed by atoms with Crippen molar-refractivity contribution in [2.24, 2.45) is 0 Å². The Bertz CT molecular complexity index is 1470. The van der Waals surface area contributed by atoms with Gasteiger partial charge in [-0.05, 0) is 47.7 Å². The Morgan fingerprint density at radius 2 is 0.592 bits per heavy atom. The number of nitrogens with one attached hydrogen (secondary N) is 1. The molecule has 0 atom stereocenters. The summed E-state index contributed by atoms with van der Waals surface area (Å²) in [5.41, 5.74) is 0. The predicted octanol–water partition coefficient (Wildman–Crippen LogP) is 8.32. The van der Waals surface area contributed by atoms with E-state index in [1.165, 1.54) is 31.8 Å². The second-order valence-electron chi connectivity index (χ2n) is 9.50. The van der Waals surface area contributed by atoms with Gasteiger partial charge >= 0.3 is 49.6 Å². The van der Waals surface area contributed by atoms with E-state index in [1.54, 1.807) is 0 Å². The quantitative estimate of drug-likeness (QED) is 0.0765. The number of hydrogen-bond acceptors (Lipinski definition) is 0. The topological polar surface area (TPSA) is 55.6 Å². The van der Waals surface area contributed by atoms with Crippen molar-refractivity contribution in [3.05, 3.63) is 220 Å². The minimum Gasteiger partial charge on any atom is -0.484 e. The number of rotatable bonds is 6. The molecule has 0 aliphatic carbocycles. The Hall–Kier alpha value is -4.15. The first-order valence-corrected chi connectivity index (χ1v) is 19.8. The maximum atomic E-state index is 7.50. The van der Waals surface area contributed by atoms with E-state index in [1.807, 2.05) is 35.6 Å². The van der Waals surface area contributed by atoms with Gasteiger partial charge in [-0.15, -0.1) is 6.20 Å². The number of H-pyrrole nitrogens is 1. The van der Waals surface area contributed by atoms with Gasteiger partial charge in [0.15, 0.2) is 0 Å². The first-order chi connectivity index (χ1) is 24.4. The Kier molecular flexibility index (Phi) is 22.4. The molecule has 7 aromatic rings. The number of halogens is 1. The molecule has 7 heteroatoms. The summed E-state index contributed by atoms with van der Waals surface area (Å²) in [6.07, 6.45) is 4.56. The average molecular weight is 783 g/mol. The van der Waals surface area contributed by atoms with E-state index in [0.717, 1.165) is 0 Å². The molecule has 0 aliphatic rings. The third-order valence-corrected chi connectivity index (χ3v) is 11.4. The summed E-state index contributed by atoms with van der Waals surface area (Å²) in [6.45, 7) is 9.00. The molecule has 244 valence electrons. The molecule has 1 aromatic heterocycles. The first kappa shape index (κ1) is 41.0. The summed E-state index contributed by atoms with van der Waals surface area (Å²) in [5.74, 6) is 0. The molecule has 3 nitrogen and oxygen atoms in total. The second kappa shape index (κ2) is 26.8. The summed E-state index contributed by atoms with van der Waals surface area (Å²) in [6, 6.07) is 68.4. The average Bonchev–Trinajstić information content (AvgIpc) is 3.81. The molecule has 0 unspecified atom stereocenters. The van der Waals surface area contributed by atoms with Crippen molar-refractivity contribution in [1.82, 2.24) is 4.98 Å². The molecule has 1 heterocycles. The van der Waals surface area contributed by atoms with Crippen LogP contribution < -0.4 is 31.8 Å². The molecule has 0 spiro atoms. The van der Waals surface area contributed by atoms with Gasteiger partial charge in [0.05, 0.1) is 0 Å². The molecule has 49 heavy (non-hydrogen) atoms.